The van der Waals surface area contributed by atoms with Crippen molar-refractivity contribution in [3.05, 3.63) is 29.8 Å². The Hall–Kier alpha value is -1.59. The van der Waals surface area contributed by atoms with Crippen molar-refractivity contribution in [1.82, 2.24) is 15.8 Å². The molecular weight excluding hydrogens is 290 g/mol. The summed E-state index contributed by atoms with van der Waals surface area (Å²) in [6, 6.07) is 8.51. The van der Waals surface area contributed by atoms with Gasteiger partial charge in [0.15, 0.2) is 0 Å². The number of rotatable bonds is 5. The number of ether oxygens (including phenoxy) is 1. The van der Waals surface area contributed by atoms with Crippen molar-refractivity contribution >= 4 is 5.91 Å². The summed E-state index contributed by atoms with van der Waals surface area (Å²) >= 11 is 0. The van der Waals surface area contributed by atoms with Gasteiger partial charge in [-0.25, -0.2) is 5.43 Å². The molecule has 2 saturated heterocycles. The van der Waals surface area contributed by atoms with Gasteiger partial charge in [0.05, 0.1) is 13.2 Å². The highest BCUT2D eigenvalue weighted by Gasteiger charge is 2.39. The highest BCUT2D eigenvalue weighted by atomic mass is 16.5. The molecule has 0 bridgehead atoms. The summed E-state index contributed by atoms with van der Waals surface area (Å²) in [4.78, 5) is 14.8. The standard InChI is InChI=1S/C18H27N3O2/c1-12(2)9-14-11-16(20-19-14)18(22)21-8-7-17(21)13-5-4-6-15(10-13)23-3/h4-6,10,12,14,16-17,19-20H,7-9,11H2,1-3H3. The van der Waals surface area contributed by atoms with Crippen molar-refractivity contribution < 1.29 is 9.53 Å². The van der Waals surface area contributed by atoms with E-state index >= 15 is 0 Å². The molecule has 0 radical (unpaired) electrons. The molecule has 5 heteroatoms. The van der Waals surface area contributed by atoms with E-state index in [1.165, 1.54) is 0 Å². The third-order valence-electron chi connectivity index (χ3n) is 4.82. The maximum absolute atomic E-state index is 12.8. The van der Waals surface area contributed by atoms with Crippen LogP contribution in [0.25, 0.3) is 0 Å². The van der Waals surface area contributed by atoms with Crippen molar-refractivity contribution in [1.29, 1.82) is 0 Å². The topological polar surface area (TPSA) is 53.6 Å². The van der Waals surface area contributed by atoms with Crippen molar-refractivity contribution in [3.8, 4) is 5.75 Å². The van der Waals surface area contributed by atoms with Crippen molar-refractivity contribution in [3.63, 3.8) is 0 Å². The van der Waals surface area contributed by atoms with E-state index in [0.717, 1.165) is 37.1 Å². The molecule has 1 aromatic rings. The Kier molecular flexibility index (Phi) is 4.87. The van der Waals surface area contributed by atoms with Crippen molar-refractivity contribution in [2.75, 3.05) is 13.7 Å². The van der Waals surface area contributed by atoms with Crippen LogP contribution in [0.1, 0.15) is 44.7 Å². The molecule has 1 amide bonds. The normalized spacial score (nSPS) is 27.1. The van der Waals surface area contributed by atoms with Crippen LogP contribution in [0.4, 0.5) is 0 Å². The number of carbonyl (C=O) groups excluding carboxylic acids is 1. The van der Waals surface area contributed by atoms with Crippen LogP contribution < -0.4 is 15.6 Å². The van der Waals surface area contributed by atoms with Crippen LogP contribution in [0.2, 0.25) is 0 Å². The van der Waals surface area contributed by atoms with Gasteiger partial charge in [-0.15, -0.1) is 0 Å². The highest BCUT2D eigenvalue weighted by Crippen LogP contribution is 2.35. The van der Waals surface area contributed by atoms with Gasteiger partial charge in [-0.05, 0) is 42.9 Å². The minimum Gasteiger partial charge on any atom is -0.497 e. The molecule has 126 valence electrons. The Morgan fingerprint density at radius 2 is 2.22 bits per heavy atom. The predicted octanol–water partition coefficient (Wildman–Crippen LogP) is 2.25. The molecule has 0 aromatic heterocycles. The Balaban J connectivity index is 1.62. The van der Waals surface area contributed by atoms with E-state index in [9.17, 15) is 4.79 Å². The van der Waals surface area contributed by atoms with E-state index in [2.05, 4.69) is 30.8 Å². The Bertz CT molecular complexity index is 561. The first-order valence-corrected chi connectivity index (χ1v) is 8.54. The lowest BCUT2D eigenvalue weighted by molar-refractivity contribution is -0.141. The fourth-order valence-electron chi connectivity index (χ4n) is 3.55. The zero-order valence-corrected chi connectivity index (χ0v) is 14.2. The lowest BCUT2D eigenvalue weighted by Crippen LogP contribution is -2.52. The monoisotopic (exact) mass is 317 g/mol. The first kappa shape index (κ1) is 16.3. The van der Waals surface area contributed by atoms with E-state index in [0.29, 0.717) is 12.0 Å². The molecule has 23 heavy (non-hydrogen) atoms. The zero-order valence-electron chi connectivity index (χ0n) is 14.2. The largest absolute Gasteiger partial charge is 0.497 e. The minimum absolute atomic E-state index is 0.104. The third-order valence-corrected chi connectivity index (χ3v) is 4.82. The van der Waals surface area contributed by atoms with Gasteiger partial charge in [0.1, 0.15) is 11.8 Å². The fourth-order valence-corrected chi connectivity index (χ4v) is 3.55. The number of carbonyl (C=O) groups is 1. The summed E-state index contributed by atoms with van der Waals surface area (Å²) in [7, 11) is 1.67. The number of methoxy groups -OCH3 is 1. The summed E-state index contributed by atoms with van der Waals surface area (Å²) in [6.45, 7) is 5.27. The number of hydrogen-bond donors (Lipinski definition) is 2. The number of hydrogen-bond acceptors (Lipinski definition) is 4. The van der Waals surface area contributed by atoms with E-state index in [1.807, 2.05) is 23.1 Å². The van der Waals surface area contributed by atoms with Gasteiger partial charge in [0, 0.05) is 12.6 Å². The highest BCUT2D eigenvalue weighted by molar-refractivity contribution is 5.83. The lowest BCUT2D eigenvalue weighted by Gasteiger charge is -2.42. The smallest absolute Gasteiger partial charge is 0.241 e. The number of benzene rings is 1. The number of nitrogens with zero attached hydrogens (tertiary/aromatic N) is 1. The molecule has 0 aliphatic carbocycles. The van der Waals surface area contributed by atoms with Crippen LogP contribution in [0, 0.1) is 5.92 Å². The average Bonchev–Trinajstić information content (AvgIpc) is 2.94. The van der Waals surface area contributed by atoms with Gasteiger partial charge in [-0.3, -0.25) is 10.2 Å². The van der Waals surface area contributed by atoms with Crippen LogP contribution in [-0.2, 0) is 4.79 Å². The molecule has 2 N–H and O–H groups in total. The first-order valence-electron chi connectivity index (χ1n) is 8.54. The van der Waals surface area contributed by atoms with Gasteiger partial charge < -0.3 is 9.64 Å². The predicted molar refractivity (Wildman–Crippen MR) is 90.0 cm³/mol. The number of hydrazine groups is 1. The number of likely N-dealkylation sites (tertiary alicyclic amines) is 1. The molecule has 0 saturated carbocycles. The molecule has 2 aliphatic heterocycles. The summed E-state index contributed by atoms with van der Waals surface area (Å²) in [5, 5.41) is 0. The summed E-state index contributed by atoms with van der Waals surface area (Å²) in [5.74, 6) is 1.69. The summed E-state index contributed by atoms with van der Waals surface area (Å²) in [6.07, 6.45) is 2.99. The molecule has 2 heterocycles. The maximum atomic E-state index is 12.8. The van der Waals surface area contributed by atoms with E-state index in [1.54, 1.807) is 7.11 Å². The van der Waals surface area contributed by atoms with Gasteiger partial charge >= 0.3 is 0 Å². The second kappa shape index (κ2) is 6.89. The molecule has 3 unspecified atom stereocenters. The van der Waals surface area contributed by atoms with Crippen LogP contribution in [0.3, 0.4) is 0 Å². The third kappa shape index (κ3) is 3.51. The molecule has 3 rings (SSSR count). The molecule has 3 atom stereocenters. The quantitative estimate of drug-likeness (QED) is 0.874. The maximum Gasteiger partial charge on any atom is 0.241 e. The Morgan fingerprint density at radius 1 is 1.39 bits per heavy atom. The van der Waals surface area contributed by atoms with Gasteiger partial charge in [0.25, 0.3) is 0 Å². The summed E-state index contributed by atoms with van der Waals surface area (Å²) < 4.78 is 5.29. The Morgan fingerprint density at radius 3 is 2.87 bits per heavy atom. The fraction of sp³-hybridized carbons (Fsp3) is 0.611. The van der Waals surface area contributed by atoms with E-state index < -0.39 is 0 Å². The van der Waals surface area contributed by atoms with E-state index in [4.69, 9.17) is 4.74 Å². The van der Waals surface area contributed by atoms with Gasteiger partial charge in [-0.1, -0.05) is 26.0 Å². The molecule has 1 aromatic carbocycles. The number of nitrogens with one attached hydrogen (secondary N) is 2. The van der Waals surface area contributed by atoms with Gasteiger partial charge in [-0.2, -0.15) is 0 Å². The molecule has 5 nitrogen and oxygen atoms in total. The van der Waals surface area contributed by atoms with E-state index in [-0.39, 0.29) is 18.0 Å². The minimum atomic E-state index is -0.104. The van der Waals surface area contributed by atoms with Crippen molar-refractivity contribution in [2.45, 2.75) is 51.2 Å². The van der Waals surface area contributed by atoms with Crippen LogP contribution in [0.5, 0.6) is 5.75 Å². The summed E-state index contributed by atoms with van der Waals surface area (Å²) in [5.41, 5.74) is 7.63. The number of amides is 1. The SMILES string of the molecule is COc1cccc(C2CCN2C(=O)C2CC(CC(C)C)NN2)c1. The van der Waals surface area contributed by atoms with Crippen LogP contribution in [-0.4, -0.2) is 36.5 Å². The van der Waals surface area contributed by atoms with Crippen LogP contribution in [0.15, 0.2) is 24.3 Å². The Labute approximate surface area is 138 Å². The average molecular weight is 317 g/mol. The molecule has 2 fully saturated rings. The second-order valence-electron chi connectivity index (χ2n) is 7.02. The van der Waals surface area contributed by atoms with Gasteiger partial charge in [0.2, 0.25) is 5.91 Å². The molecule has 0 spiro atoms. The van der Waals surface area contributed by atoms with Crippen molar-refractivity contribution in [2.24, 2.45) is 5.92 Å². The molecular formula is C18H27N3O2. The van der Waals surface area contributed by atoms with Crippen LogP contribution >= 0.6 is 0 Å². The lowest BCUT2D eigenvalue weighted by atomic mass is 9.92. The molecule has 2 aliphatic rings. The second-order valence-corrected chi connectivity index (χ2v) is 7.02. The zero-order chi connectivity index (χ0) is 16.4. The first-order chi connectivity index (χ1) is 11.1.